The number of amides is 1. The number of hydrazine groups is 1. The van der Waals surface area contributed by atoms with Gasteiger partial charge in [0.15, 0.2) is 0 Å². The van der Waals surface area contributed by atoms with E-state index in [2.05, 4.69) is 20.6 Å². The predicted molar refractivity (Wildman–Crippen MR) is 162 cm³/mol. The zero-order valence-corrected chi connectivity index (χ0v) is 26.0. The Morgan fingerprint density at radius 2 is 1.75 bits per heavy atom. The summed E-state index contributed by atoms with van der Waals surface area (Å²) in [5.41, 5.74) is 5.73. The molecule has 4 rings (SSSR count). The van der Waals surface area contributed by atoms with Crippen LogP contribution in [0.15, 0.2) is 82.1 Å². The van der Waals surface area contributed by atoms with Crippen LogP contribution in [-0.2, 0) is 32.6 Å². The summed E-state index contributed by atoms with van der Waals surface area (Å²) in [6, 6.07) is 17.8. The number of hydrogen-bond acceptors (Lipinski definition) is 10. The summed E-state index contributed by atoms with van der Waals surface area (Å²) in [4.78, 5) is 29.8. The Bertz CT molecular complexity index is 1630. The summed E-state index contributed by atoms with van der Waals surface area (Å²) in [5.74, 6) is -1.19. The van der Waals surface area contributed by atoms with E-state index < -0.39 is 33.4 Å². The maximum atomic E-state index is 13.1. The Morgan fingerprint density at radius 1 is 1.07 bits per heavy atom. The second kappa shape index (κ2) is 14.1. The van der Waals surface area contributed by atoms with Crippen molar-refractivity contribution in [3.63, 3.8) is 0 Å². The fourth-order valence-electron chi connectivity index (χ4n) is 4.40. The molecule has 15 heteroatoms. The van der Waals surface area contributed by atoms with Crippen molar-refractivity contribution in [1.29, 1.82) is 0 Å². The number of sulfonamides is 1. The SMILES string of the molecule is CC[N+]([O-])(CC)/N=N\OCOC(=O)c1ccc(CNS(=O)(=O)c2cc(C(=O)NN3c4ccccc4CC3C)ccc2Cl)cc1. The summed E-state index contributed by atoms with van der Waals surface area (Å²) in [6.07, 6.45) is 0.770. The van der Waals surface area contributed by atoms with Gasteiger partial charge >= 0.3 is 5.97 Å². The van der Waals surface area contributed by atoms with Crippen LogP contribution in [0.1, 0.15) is 52.6 Å². The van der Waals surface area contributed by atoms with Gasteiger partial charge in [0, 0.05) is 12.1 Å². The van der Waals surface area contributed by atoms with Crippen molar-refractivity contribution >= 4 is 39.2 Å². The van der Waals surface area contributed by atoms with Crippen LogP contribution in [0.4, 0.5) is 5.69 Å². The number of nitrogens with one attached hydrogen (secondary N) is 2. The molecule has 234 valence electrons. The highest BCUT2D eigenvalue weighted by molar-refractivity contribution is 7.89. The second-order valence-electron chi connectivity index (χ2n) is 9.99. The maximum absolute atomic E-state index is 13.1. The van der Waals surface area contributed by atoms with E-state index in [-0.39, 0.29) is 46.7 Å². The van der Waals surface area contributed by atoms with E-state index in [4.69, 9.17) is 21.2 Å². The molecule has 0 spiro atoms. The third kappa shape index (κ3) is 7.89. The minimum atomic E-state index is -4.12. The number of halogens is 1. The molecule has 13 nitrogen and oxygen atoms in total. The molecular formula is C29H33ClN6O7S. The number of anilines is 1. The molecular weight excluding hydrogens is 612 g/mol. The molecule has 0 radical (unpaired) electrons. The van der Waals surface area contributed by atoms with Gasteiger partial charge in [0.05, 0.1) is 32.8 Å². The number of ether oxygens (including phenoxy) is 1. The maximum Gasteiger partial charge on any atom is 0.341 e. The molecule has 2 N–H and O–H groups in total. The number of carbonyl (C=O) groups excluding carboxylic acids is 2. The summed E-state index contributed by atoms with van der Waals surface area (Å²) < 4.78 is 32.8. The van der Waals surface area contributed by atoms with Crippen LogP contribution in [-0.4, -0.2) is 51.0 Å². The first kappa shape index (κ1) is 32.8. The van der Waals surface area contributed by atoms with Crippen molar-refractivity contribution < 1.29 is 32.3 Å². The minimum Gasteiger partial charge on any atom is -0.603 e. The summed E-state index contributed by atoms with van der Waals surface area (Å²) in [7, 11) is -4.12. The van der Waals surface area contributed by atoms with Crippen molar-refractivity contribution in [2.45, 2.75) is 44.7 Å². The van der Waals surface area contributed by atoms with Crippen molar-refractivity contribution in [2.24, 2.45) is 10.5 Å². The lowest BCUT2D eigenvalue weighted by Crippen LogP contribution is -2.45. The summed E-state index contributed by atoms with van der Waals surface area (Å²) >= 11 is 6.23. The number of rotatable bonds is 13. The third-order valence-electron chi connectivity index (χ3n) is 7.06. The van der Waals surface area contributed by atoms with Gasteiger partial charge in [-0.25, -0.2) is 22.7 Å². The van der Waals surface area contributed by atoms with E-state index in [1.807, 2.05) is 31.2 Å². The molecule has 0 saturated heterocycles. The average molecular weight is 645 g/mol. The van der Waals surface area contributed by atoms with E-state index in [0.717, 1.165) is 17.7 Å². The van der Waals surface area contributed by atoms with Crippen LogP contribution in [0.3, 0.4) is 0 Å². The topological polar surface area (TPSA) is 162 Å². The molecule has 0 aromatic heterocycles. The van der Waals surface area contributed by atoms with Gasteiger partial charge in [0.25, 0.3) is 12.7 Å². The first-order valence-electron chi connectivity index (χ1n) is 13.8. The quantitative estimate of drug-likeness (QED) is 0.0677. The first-order chi connectivity index (χ1) is 21.0. The molecule has 0 fully saturated rings. The molecule has 1 unspecified atom stereocenters. The van der Waals surface area contributed by atoms with Crippen molar-refractivity contribution in [3.05, 3.63) is 99.2 Å². The van der Waals surface area contributed by atoms with E-state index in [9.17, 15) is 23.2 Å². The fraction of sp³-hybridized carbons (Fsp3) is 0.310. The Morgan fingerprint density at radius 3 is 2.45 bits per heavy atom. The Balaban J connectivity index is 1.34. The van der Waals surface area contributed by atoms with Gasteiger partial charge in [0.2, 0.25) is 10.0 Å². The van der Waals surface area contributed by atoms with Crippen LogP contribution >= 0.6 is 11.6 Å². The average Bonchev–Trinajstić information content (AvgIpc) is 3.34. The Kier molecular flexibility index (Phi) is 10.5. The van der Waals surface area contributed by atoms with Crippen LogP contribution in [0.5, 0.6) is 0 Å². The number of para-hydroxylation sites is 1. The largest absolute Gasteiger partial charge is 0.603 e. The monoisotopic (exact) mass is 644 g/mol. The molecule has 1 heterocycles. The molecule has 3 aromatic carbocycles. The zero-order chi connectivity index (χ0) is 31.9. The van der Waals surface area contributed by atoms with Crippen LogP contribution in [0.25, 0.3) is 0 Å². The number of nitrogens with zero attached hydrogens (tertiary/aromatic N) is 4. The molecule has 0 saturated carbocycles. The van der Waals surface area contributed by atoms with E-state index in [1.165, 1.54) is 30.3 Å². The fourth-order valence-corrected chi connectivity index (χ4v) is 5.95. The smallest absolute Gasteiger partial charge is 0.341 e. The lowest BCUT2D eigenvalue weighted by Gasteiger charge is -2.30. The Hall–Kier alpha value is -4.08. The van der Waals surface area contributed by atoms with Crippen LogP contribution < -0.4 is 15.2 Å². The molecule has 1 atom stereocenters. The van der Waals surface area contributed by atoms with Crippen LogP contribution in [0, 0.1) is 5.21 Å². The lowest BCUT2D eigenvalue weighted by molar-refractivity contribution is -0.890. The third-order valence-corrected chi connectivity index (χ3v) is 8.94. The number of esters is 1. The number of hydrogen-bond donors (Lipinski definition) is 2. The number of hydroxylamine groups is 2. The summed E-state index contributed by atoms with van der Waals surface area (Å²) in [5, 5.41) is 20.5. The van der Waals surface area contributed by atoms with Gasteiger partial charge in [-0.1, -0.05) is 41.9 Å². The van der Waals surface area contributed by atoms with E-state index in [0.29, 0.717) is 5.56 Å². The molecule has 1 aliphatic heterocycles. The normalized spacial score (nSPS) is 14.8. The molecule has 0 aliphatic carbocycles. The highest BCUT2D eigenvalue weighted by atomic mass is 35.5. The predicted octanol–water partition coefficient (Wildman–Crippen LogP) is 4.68. The molecule has 1 aliphatic rings. The number of carbonyl (C=O) groups is 2. The highest BCUT2D eigenvalue weighted by Gasteiger charge is 2.28. The van der Waals surface area contributed by atoms with Crippen molar-refractivity contribution in [1.82, 2.24) is 10.1 Å². The lowest BCUT2D eigenvalue weighted by atomic mass is 10.1. The van der Waals surface area contributed by atoms with Crippen molar-refractivity contribution in [3.8, 4) is 0 Å². The highest BCUT2D eigenvalue weighted by Crippen LogP contribution is 2.30. The molecule has 1 amide bonds. The first-order valence-corrected chi connectivity index (χ1v) is 15.7. The minimum absolute atomic E-state index is 0.0257. The standard InChI is InChI=1S/C29H33ClN6O7S/c1-4-36(39,5-2)33-34-43-19-42-29(38)22-12-10-21(11-13-22)18-31-44(40,41)27-17-24(14-15-25(27)30)28(37)32-35-20(3)16-23-8-6-7-9-26(23)35/h6-15,17,20,31H,4-5,16,18-19H2,1-3H3,(H,32,37)/b34-33-. The molecule has 44 heavy (non-hydrogen) atoms. The number of fused-ring (bicyclic) bond motifs is 1. The summed E-state index contributed by atoms with van der Waals surface area (Å²) in [6.45, 7) is 5.01. The van der Waals surface area contributed by atoms with Gasteiger partial charge in [-0.2, -0.15) is 0 Å². The molecule has 3 aromatic rings. The van der Waals surface area contributed by atoms with Gasteiger partial charge < -0.3 is 14.8 Å². The zero-order valence-electron chi connectivity index (χ0n) is 24.4. The van der Waals surface area contributed by atoms with Crippen LogP contribution in [0.2, 0.25) is 5.02 Å². The second-order valence-corrected chi connectivity index (χ2v) is 12.1. The van der Waals surface area contributed by atoms with Gasteiger partial charge in [-0.15, -0.1) is 0 Å². The van der Waals surface area contributed by atoms with Crippen molar-refractivity contribution in [2.75, 3.05) is 24.9 Å². The van der Waals surface area contributed by atoms with Gasteiger partial charge in [-0.3, -0.25) is 15.2 Å². The van der Waals surface area contributed by atoms with E-state index in [1.54, 1.807) is 31.0 Å². The molecule has 0 bridgehead atoms. The van der Waals surface area contributed by atoms with Gasteiger partial charge in [0.1, 0.15) is 18.0 Å². The Labute approximate surface area is 260 Å². The number of quaternary nitrogens is 1. The van der Waals surface area contributed by atoms with E-state index >= 15 is 0 Å². The number of benzene rings is 3. The van der Waals surface area contributed by atoms with Gasteiger partial charge in [-0.05, 0) is 74.7 Å².